The van der Waals surface area contributed by atoms with Gasteiger partial charge in [-0.25, -0.2) is 13.6 Å². The molecular weight excluding hydrogens is 763 g/mol. The van der Waals surface area contributed by atoms with Crippen LogP contribution in [0.25, 0.3) is 0 Å². The fourth-order valence-corrected chi connectivity index (χ4v) is 10.3. The number of anilines is 2. The molecule has 10 nitrogen and oxygen atoms in total. The van der Waals surface area contributed by atoms with Gasteiger partial charge >= 0.3 is 5.97 Å². The highest BCUT2D eigenvalue weighted by Crippen LogP contribution is 2.49. The number of nitrogens with zero attached hydrogens (tertiary/aromatic N) is 2. The van der Waals surface area contributed by atoms with Crippen LogP contribution in [0.1, 0.15) is 96.7 Å². The molecule has 2 aliphatic carbocycles. The Kier molecular flexibility index (Phi) is 11.5. The Bertz CT molecular complexity index is 2200. The second kappa shape index (κ2) is 16.7. The minimum Gasteiger partial charge on any atom is -0.465 e. The summed E-state index contributed by atoms with van der Waals surface area (Å²) in [7, 11) is 2.96. The fraction of sp³-hybridized carbons (Fsp3) is 0.422. The lowest BCUT2D eigenvalue weighted by Crippen LogP contribution is -2.57. The first kappa shape index (κ1) is 39.8. The number of likely N-dealkylation sites (tertiary alicyclic amines) is 1. The molecule has 0 spiro atoms. The van der Waals surface area contributed by atoms with E-state index in [-0.39, 0.29) is 47.0 Å². The molecule has 304 valence electrons. The molecule has 2 atom stereocenters. The maximum Gasteiger partial charge on any atom is 0.337 e. The van der Waals surface area contributed by atoms with Crippen molar-refractivity contribution in [2.45, 2.75) is 82.8 Å². The van der Waals surface area contributed by atoms with Crippen molar-refractivity contribution < 1.29 is 37.4 Å². The van der Waals surface area contributed by atoms with E-state index in [1.807, 2.05) is 18.2 Å². The molecule has 2 unspecified atom stereocenters. The lowest BCUT2D eigenvalue weighted by molar-refractivity contribution is -0.145. The summed E-state index contributed by atoms with van der Waals surface area (Å²) in [5.74, 6) is -2.66. The molecule has 3 amide bonds. The molecule has 3 fully saturated rings. The van der Waals surface area contributed by atoms with Crippen molar-refractivity contribution in [3.63, 3.8) is 0 Å². The average molecular weight is 811 g/mol. The summed E-state index contributed by atoms with van der Waals surface area (Å²) in [4.78, 5) is 58.5. The predicted molar refractivity (Wildman–Crippen MR) is 217 cm³/mol. The van der Waals surface area contributed by atoms with E-state index in [2.05, 4.69) is 20.4 Å². The third-order valence-electron chi connectivity index (χ3n) is 12.2. The second-order valence-electron chi connectivity index (χ2n) is 16.1. The average Bonchev–Trinajstić information content (AvgIpc) is 3.83. The number of aryl methyl sites for hydroxylation is 2. The van der Waals surface area contributed by atoms with Crippen LogP contribution in [0, 0.1) is 17.0 Å². The molecule has 8 rings (SSSR count). The molecule has 3 aromatic carbocycles. The van der Waals surface area contributed by atoms with E-state index in [4.69, 9.17) is 9.47 Å². The minimum atomic E-state index is -0.779. The molecule has 0 radical (unpaired) electrons. The maximum atomic E-state index is 15.3. The third kappa shape index (κ3) is 8.17. The summed E-state index contributed by atoms with van der Waals surface area (Å²) >= 11 is 1.38. The highest BCUT2D eigenvalue weighted by Gasteiger charge is 2.56. The quantitative estimate of drug-likeness (QED) is 0.134. The Hall–Kier alpha value is -4.98. The van der Waals surface area contributed by atoms with Crippen molar-refractivity contribution in [1.82, 2.24) is 9.80 Å². The minimum absolute atomic E-state index is 0.0208. The van der Waals surface area contributed by atoms with Gasteiger partial charge < -0.3 is 25.0 Å². The summed E-state index contributed by atoms with van der Waals surface area (Å²) in [5.41, 5.74) is 3.34. The number of hydrogen-bond acceptors (Lipinski definition) is 8. The molecule has 2 N–H and O–H groups in total. The summed E-state index contributed by atoms with van der Waals surface area (Å²) < 4.78 is 40.8. The predicted octanol–water partition coefficient (Wildman–Crippen LogP) is 7.58. The van der Waals surface area contributed by atoms with E-state index in [0.29, 0.717) is 47.7 Å². The molecule has 3 heterocycles. The zero-order valence-corrected chi connectivity index (χ0v) is 33.7. The van der Waals surface area contributed by atoms with Crippen molar-refractivity contribution in [3.05, 3.63) is 116 Å². The Morgan fingerprint density at radius 2 is 1.53 bits per heavy atom. The monoisotopic (exact) mass is 810 g/mol. The first-order chi connectivity index (χ1) is 28.1. The summed E-state index contributed by atoms with van der Waals surface area (Å²) in [5, 5.41) is 6.12. The van der Waals surface area contributed by atoms with Crippen LogP contribution in [0.15, 0.2) is 60.7 Å². The first-order valence-electron chi connectivity index (χ1n) is 20.1. The summed E-state index contributed by atoms with van der Waals surface area (Å²) in [6, 6.07) is 16.7. The van der Waals surface area contributed by atoms with Crippen LogP contribution in [-0.2, 0) is 46.5 Å². The van der Waals surface area contributed by atoms with Gasteiger partial charge in [0.2, 0.25) is 5.91 Å². The number of carbonyl (C=O) groups is 4. The lowest BCUT2D eigenvalue weighted by atomic mass is 9.95. The Morgan fingerprint density at radius 3 is 2.21 bits per heavy atom. The van der Waals surface area contributed by atoms with Crippen LogP contribution in [-0.4, -0.2) is 79.5 Å². The number of amides is 3. The fourth-order valence-electron chi connectivity index (χ4n) is 9.01. The Morgan fingerprint density at radius 1 is 0.828 bits per heavy atom. The number of methoxy groups -OCH3 is 2. The number of nitrogens with one attached hydrogen (secondary N) is 2. The van der Waals surface area contributed by atoms with Crippen molar-refractivity contribution in [2.75, 3.05) is 44.5 Å². The van der Waals surface area contributed by atoms with Crippen molar-refractivity contribution in [3.8, 4) is 0 Å². The van der Waals surface area contributed by atoms with Gasteiger partial charge in [-0.2, -0.15) is 0 Å². The number of carbonyl (C=O) groups excluding carboxylic acids is 4. The molecule has 4 aromatic rings. The van der Waals surface area contributed by atoms with Gasteiger partial charge in [0.15, 0.2) is 0 Å². The Labute approximate surface area is 340 Å². The van der Waals surface area contributed by atoms with Crippen LogP contribution in [0.4, 0.5) is 19.5 Å². The van der Waals surface area contributed by atoms with Crippen molar-refractivity contribution >= 4 is 45.7 Å². The van der Waals surface area contributed by atoms with Gasteiger partial charge in [0, 0.05) is 60.5 Å². The molecule has 2 saturated heterocycles. The number of hydrogen-bond donors (Lipinski definition) is 2. The third-order valence-corrected chi connectivity index (χ3v) is 13.4. The number of halogens is 2. The number of rotatable bonds is 13. The Balaban J connectivity index is 0.927. The van der Waals surface area contributed by atoms with Crippen molar-refractivity contribution in [1.29, 1.82) is 0 Å². The largest absolute Gasteiger partial charge is 0.465 e. The normalized spacial score (nSPS) is 19.3. The zero-order chi connectivity index (χ0) is 40.6. The number of piperazine rings is 1. The van der Waals surface area contributed by atoms with Gasteiger partial charge in [0.1, 0.15) is 16.6 Å². The van der Waals surface area contributed by atoms with E-state index >= 15 is 8.78 Å². The van der Waals surface area contributed by atoms with Gasteiger partial charge in [0.05, 0.1) is 30.3 Å². The molecule has 2 bridgehead atoms. The van der Waals surface area contributed by atoms with E-state index in [9.17, 15) is 19.2 Å². The molecule has 58 heavy (non-hydrogen) atoms. The number of ether oxygens (including phenoxy) is 2. The molecule has 2 aliphatic heterocycles. The van der Waals surface area contributed by atoms with Crippen LogP contribution >= 0.6 is 11.3 Å². The van der Waals surface area contributed by atoms with E-state index in [1.165, 1.54) is 18.4 Å². The molecule has 1 aromatic heterocycles. The number of fused-ring (bicyclic) bond motifs is 3. The highest BCUT2D eigenvalue weighted by atomic mass is 32.1. The highest BCUT2D eigenvalue weighted by molar-refractivity contribution is 7.17. The smallest absolute Gasteiger partial charge is 0.337 e. The number of esters is 1. The SMILES string of the molecule is COCC1(C(=O)N2C3CCC2CN(Cc2cccc(C(=O)Nc4sc5c(c4C(=O)Nc4cc(F)c(CCc6ccc(C(=O)OC)cc6)c(F)c4)CCCC5)c2)C3)CC1. The van der Waals surface area contributed by atoms with Gasteiger partial charge in [0.25, 0.3) is 11.8 Å². The second-order valence-corrected chi connectivity index (χ2v) is 17.2. The molecule has 13 heteroatoms. The van der Waals surface area contributed by atoms with Gasteiger partial charge in [-0.1, -0.05) is 24.3 Å². The van der Waals surface area contributed by atoms with Gasteiger partial charge in [-0.15, -0.1) is 11.3 Å². The van der Waals surface area contributed by atoms with Crippen LogP contribution in [0.3, 0.4) is 0 Å². The van der Waals surface area contributed by atoms with Crippen LogP contribution < -0.4 is 10.6 Å². The summed E-state index contributed by atoms with van der Waals surface area (Å²) in [6.45, 7) is 2.70. The summed E-state index contributed by atoms with van der Waals surface area (Å²) in [6.07, 6.45) is 7.48. The maximum absolute atomic E-state index is 15.3. The molecule has 4 aliphatic rings. The van der Waals surface area contributed by atoms with Crippen LogP contribution in [0.5, 0.6) is 0 Å². The van der Waals surface area contributed by atoms with E-state index < -0.39 is 23.5 Å². The number of benzene rings is 3. The van der Waals surface area contributed by atoms with Crippen molar-refractivity contribution in [2.24, 2.45) is 5.41 Å². The number of thiophene rings is 1. The standard InChI is InChI=1S/C45H48F2N4O6S/c1-56-26-45(18-19-45)44(55)51-32-15-16-33(51)25-50(24-32)23-28-6-5-7-30(20-28)40(52)49-42-39(35-8-3-4-9-38(35)58-42)41(53)48-31-21-36(46)34(37(47)22-31)17-12-27-10-13-29(14-11-27)43(54)57-2/h5-7,10-11,13-14,20-22,32-33H,3-4,8-9,12,15-19,23-26H2,1-2H3,(H,48,53)(H,49,52). The topological polar surface area (TPSA) is 117 Å². The van der Waals surface area contributed by atoms with Crippen LogP contribution in [0.2, 0.25) is 0 Å². The van der Waals surface area contributed by atoms with E-state index in [1.54, 1.807) is 37.4 Å². The zero-order valence-electron chi connectivity index (χ0n) is 32.8. The van der Waals surface area contributed by atoms with Gasteiger partial charge in [-0.05, 0) is 117 Å². The molecular formula is C45H48F2N4O6S. The first-order valence-corrected chi connectivity index (χ1v) is 20.9. The van der Waals surface area contributed by atoms with E-state index in [0.717, 1.165) is 91.7 Å². The lowest BCUT2D eigenvalue weighted by Gasteiger charge is -2.42. The molecule has 1 saturated carbocycles. The van der Waals surface area contributed by atoms with Gasteiger partial charge in [-0.3, -0.25) is 19.3 Å².